The lowest BCUT2D eigenvalue weighted by Gasteiger charge is -2.30. The number of Topliss-reactive ketones (excluding diaryl/α,β-unsaturated/α-hetero) is 1. The number of carbonyl (C=O) groups excluding carboxylic acids is 1. The second-order valence-corrected chi connectivity index (χ2v) is 5.23. The molecule has 0 bridgehead atoms. The van der Waals surface area contributed by atoms with Crippen LogP contribution in [0.2, 0.25) is 0 Å². The van der Waals surface area contributed by atoms with Gasteiger partial charge in [-0.05, 0) is 31.9 Å². The number of ether oxygens (including phenoxy) is 2. The van der Waals surface area contributed by atoms with Gasteiger partial charge in [0.1, 0.15) is 11.5 Å². The number of nitrogens with zero attached hydrogens (tertiary/aromatic N) is 1. The minimum atomic E-state index is -0.0159. The molecule has 0 amide bonds. The predicted molar refractivity (Wildman–Crippen MR) is 83.6 cm³/mol. The van der Waals surface area contributed by atoms with E-state index in [0.29, 0.717) is 24.3 Å². The van der Waals surface area contributed by atoms with Crippen LogP contribution < -0.4 is 20.1 Å². The highest BCUT2D eigenvalue weighted by Gasteiger charge is 2.21. The Morgan fingerprint density at radius 1 is 1.14 bits per heavy atom. The SMILES string of the molecule is COc1cc(N2CCCCC2)c(OC)cc1C(=O)CCN. The van der Waals surface area contributed by atoms with Crippen LogP contribution in [0.4, 0.5) is 5.69 Å². The van der Waals surface area contributed by atoms with Crippen LogP contribution in [0.3, 0.4) is 0 Å². The van der Waals surface area contributed by atoms with Crippen molar-refractivity contribution in [2.75, 3.05) is 38.8 Å². The van der Waals surface area contributed by atoms with E-state index < -0.39 is 0 Å². The molecule has 0 unspecified atom stereocenters. The summed E-state index contributed by atoms with van der Waals surface area (Å²) in [5, 5.41) is 0. The molecule has 2 rings (SSSR count). The number of piperidine rings is 1. The summed E-state index contributed by atoms with van der Waals surface area (Å²) in [5.74, 6) is 1.30. The van der Waals surface area contributed by atoms with Gasteiger partial charge >= 0.3 is 0 Å². The fourth-order valence-corrected chi connectivity index (χ4v) is 2.75. The number of benzene rings is 1. The zero-order chi connectivity index (χ0) is 15.2. The van der Waals surface area contributed by atoms with Crippen molar-refractivity contribution in [3.05, 3.63) is 17.7 Å². The Balaban J connectivity index is 2.39. The van der Waals surface area contributed by atoms with Gasteiger partial charge in [-0.3, -0.25) is 4.79 Å². The molecule has 1 aromatic carbocycles. The molecule has 1 heterocycles. The Bertz CT molecular complexity index is 497. The molecule has 0 radical (unpaired) electrons. The van der Waals surface area contributed by atoms with Gasteiger partial charge < -0.3 is 20.1 Å². The summed E-state index contributed by atoms with van der Waals surface area (Å²) >= 11 is 0. The van der Waals surface area contributed by atoms with E-state index in [1.165, 1.54) is 19.3 Å². The number of methoxy groups -OCH3 is 2. The highest BCUT2D eigenvalue weighted by atomic mass is 16.5. The van der Waals surface area contributed by atoms with E-state index in [0.717, 1.165) is 24.5 Å². The fraction of sp³-hybridized carbons (Fsp3) is 0.562. The number of carbonyl (C=O) groups is 1. The van der Waals surface area contributed by atoms with Gasteiger partial charge in [-0.1, -0.05) is 0 Å². The Kier molecular flexibility index (Phi) is 5.44. The van der Waals surface area contributed by atoms with Crippen molar-refractivity contribution in [1.82, 2.24) is 0 Å². The maximum absolute atomic E-state index is 12.2. The van der Waals surface area contributed by atoms with Gasteiger partial charge in [-0.25, -0.2) is 0 Å². The quantitative estimate of drug-likeness (QED) is 0.815. The molecule has 2 N–H and O–H groups in total. The standard InChI is InChI=1S/C16H24N2O3/c1-20-15-11-13(18-8-4-3-5-9-18)16(21-2)10-12(15)14(19)6-7-17/h10-11H,3-9,17H2,1-2H3. The lowest BCUT2D eigenvalue weighted by Crippen LogP contribution is -2.29. The third-order valence-corrected chi connectivity index (χ3v) is 3.87. The number of nitrogens with two attached hydrogens (primary N) is 1. The Morgan fingerprint density at radius 2 is 1.81 bits per heavy atom. The molecule has 0 atom stereocenters. The molecule has 116 valence electrons. The summed E-state index contributed by atoms with van der Waals surface area (Å²) in [6.45, 7) is 2.35. The van der Waals surface area contributed by atoms with Gasteiger partial charge in [0.05, 0.1) is 25.5 Å². The maximum atomic E-state index is 12.2. The summed E-state index contributed by atoms with van der Waals surface area (Å²) in [6, 6.07) is 3.69. The normalized spacial score (nSPS) is 14.9. The summed E-state index contributed by atoms with van der Waals surface area (Å²) in [5.41, 5.74) is 7.02. The van der Waals surface area contributed by atoms with Crippen molar-refractivity contribution >= 4 is 11.5 Å². The highest BCUT2D eigenvalue weighted by Crippen LogP contribution is 2.37. The molecule has 1 fully saturated rings. The van der Waals surface area contributed by atoms with Crippen LogP contribution in [-0.4, -0.2) is 39.6 Å². The van der Waals surface area contributed by atoms with E-state index in [-0.39, 0.29) is 5.78 Å². The monoisotopic (exact) mass is 292 g/mol. The average Bonchev–Trinajstić information content (AvgIpc) is 2.54. The van der Waals surface area contributed by atoms with Crippen molar-refractivity contribution in [3.63, 3.8) is 0 Å². The second kappa shape index (κ2) is 7.31. The molecule has 21 heavy (non-hydrogen) atoms. The van der Waals surface area contributed by atoms with Crippen molar-refractivity contribution < 1.29 is 14.3 Å². The smallest absolute Gasteiger partial charge is 0.167 e. The molecular formula is C16H24N2O3. The van der Waals surface area contributed by atoms with Gasteiger partial charge in [0.2, 0.25) is 0 Å². The number of hydrogen-bond donors (Lipinski definition) is 1. The Labute approximate surface area is 126 Å². The van der Waals surface area contributed by atoms with Gasteiger partial charge in [-0.15, -0.1) is 0 Å². The van der Waals surface area contributed by atoms with Gasteiger partial charge in [0.25, 0.3) is 0 Å². The van der Waals surface area contributed by atoms with Crippen LogP contribution in [0, 0.1) is 0 Å². The van der Waals surface area contributed by atoms with Crippen molar-refractivity contribution in [1.29, 1.82) is 0 Å². The molecule has 0 aromatic heterocycles. The largest absolute Gasteiger partial charge is 0.496 e. The van der Waals surface area contributed by atoms with Gasteiger partial charge in [0.15, 0.2) is 5.78 Å². The minimum absolute atomic E-state index is 0.0159. The molecule has 5 nitrogen and oxygen atoms in total. The van der Waals surface area contributed by atoms with Crippen LogP contribution in [0.1, 0.15) is 36.0 Å². The second-order valence-electron chi connectivity index (χ2n) is 5.23. The van der Waals surface area contributed by atoms with Crippen LogP contribution in [0.25, 0.3) is 0 Å². The summed E-state index contributed by atoms with van der Waals surface area (Å²) in [6.07, 6.45) is 3.93. The summed E-state index contributed by atoms with van der Waals surface area (Å²) in [4.78, 5) is 14.4. The van der Waals surface area contributed by atoms with Gasteiger partial charge in [-0.2, -0.15) is 0 Å². The first-order valence-electron chi connectivity index (χ1n) is 7.45. The van der Waals surface area contributed by atoms with E-state index in [2.05, 4.69) is 4.90 Å². The molecule has 1 saturated heterocycles. The predicted octanol–water partition coefficient (Wildman–Crippen LogP) is 2.23. The number of rotatable bonds is 6. The molecule has 5 heteroatoms. The van der Waals surface area contributed by atoms with Crippen molar-refractivity contribution in [2.45, 2.75) is 25.7 Å². The molecule has 0 saturated carbocycles. The Morgan fingerprint density at radius 3 is 2.38 bits per heavy atom. The van der Waals surface area contributed by atoms with E-state index in [4.69, 9.17) is 15.2 Å². The molecule has 0 aliphatic carbocycles. The van der Waals surface area contributed by atoms with Crippen LogP contribution in [0.5, 0.6) is 11.5 Å². The molecule has 1 aliphatic rings. The lowest BCUT2D eigenvalue weighted by molar-refractivity contribution is 0.0982. The highest BCUT2D eigenvalue weighted by molar-refractivity contribution is 6.00. The van der Waals surface area contributed by atoms with Gasteiger partial charge in [0, 0.05) is 25.6 Å². The third-order valence-electron chi connectivity index (χ3n) is 3.87. The Hall–Kier alpha value is -1.75. The van der Waals surface area contributed by atoms with E-state index >= 15 is 0 Å². The van der Waals surface area contributed by atoms with Crippen LogP contribution >= 0.6 is 0 Å². The maximum Gasteiger partial charge on any atom is 0.167 e. The van der Waals surface area contributed by atoms with Crippen LogP contribution in [0.15, 0.2) is 12.1 Å². The molecule has 1 aromatic rings. The summed E-state index contributed by atoms with van der Waals surface area (Å²) in [7, 11) is 3.22. The van der Waals surface area contributed by atoms with Crippen molar-refractivity contribution in [3.8, 4) is 11.5 Å². The topological polar surface area (TPSA) is 64.8 Å². The number of hydrogen-bond acceptors (Lipinski definition) is 5. The first-order chi connectivity index (χ1) is 10.2. The van der Waals surface area contributed by atoms with Crippen LogP contribution in [-0.2, 0) is 0 Å². The first kappa shape index (κ1) is 15.6. The van der Waals surface area contributed by atoms with E-state index in [1.807, 2.05) is 6.07 Å². The number of anilines is 1. The molecule has 1 aliphatic heterocycles. The fourth-order valence-electron chi connectivity index (χ4n) is 2.75. The minimum Gasteiger partial charge on any atom is -0.496 e. The number of ketones is 1. The zero-order valence-electron chi connectivity index (χ0n) is 12.9. The molecular weight excluding hydrogens is 268 g/mol. The van der Waals surface area contributed by atoms with Crippen molar-refractivity contribution in [2.24, 2.45) is 5.73 Å². The summed E-state index contributed by atoms with van der Waals surface area (Å²) < 4.78 is 10.9. The third kappa shape index (κ3) is 3.47. The lowest BCUT2D eigenvalue weighted by atomic mass is 10.0. The average molecular weight is 292 g/mol. The molecule has 0 spiro atoms. The zero-order valence-corrected chi connectivity index (χ0v) is 12.9. The van der Waals surface area contributed by atoms with E-state index in [1.54, 1.807) is 20.3 Å². The first-order valence-corrected chi connectivity index (χ1v) is 7.45. The van der Waals surface area contributed by atoms with E-state index in [9.17, 15) is 4.79 Å².